The van der Waals surface area contributed by atoms with E-state index >= 15 is 0 Å². The lowest BCUT2D eigenvalue weighted by Gasteiger charge is -2.26. The average Bonchev–Trinajstić information content (AvgIpc) is 3.01. The molecule has 24 heavy (non-hydrogen) atoms. The fraction of sp³-hybridized carbons (Fsp3) is 0.682. The van der Waals surface area contributed by atoms with Gasteiger partial charge in [0.15, 0.2) is 0 Å². The van der Waals surface area contributed by atoms with E-state index in [9.17, 15) is 5.26 Å². The summed E-state index contributed by atoms with van der Waals surface area (Å²) in [4.78, 5) is 0. The van der Waals surface area contributed by atoms with Crippen LogP contribution in [-0.4, -0.2) is 5.54 Å². The van der Waals surface area contributed by atoms with Crippen LogP contribution in [0.25, 0.3) is 0 Å². The lowest BCUT2D eigenvalue weighted by molar-refractivity contribution is 0.405. The van der Waals surface area contributed by atoms with Crippen molar-refractivity contribution >= 4 is 0 Å². The maximum atomic E-state index is 9.24. The van der Waals surface area contributed by atoms with E-state index in [0.717, 1.165) is 25.2 Å². The molecule has 2 aliphatic rings. The number of hydrogen-bond acceptors (Lipinski definition) is 2. The highest BCUT2D eigenvalue weighted by Crippen LogP contribution is 2.40. The molecule has 0 amide bonds. The molecule has 0 aromatic heterocycles. The maximum Gasteiger partial charge on any atom is 0.104 e. The number of aryl methyl sites for hydroxylation is 1. The van der Waals surface area contributed by atoms with Crippen LogP contribution in [0.15, 0.2) is 18.2 Å². The predicted octanol–water partition coefficient (Wildman–Crippen LogP) is 5.25. The van der Waals surface area contributed by atoms with Gasteiger partial charge < -0.3 is 5.73 Å². The van der Waals surface area contributed by atoms with Crippen molar-refractivity contribution in [3.8, 4) is 6.07 Å². The van der Waals surface area contributed by atoms with Crippen LogP contribution in [0.3, 0.4) is 0 Å². The van der Waals surface area contributed by atoms with Crippen LogP contribution in [-0.2, 0) is 12.8 Å². The molecular weight excluding hydrogens is 292 g/mol. The molecule has 1 fully saturated rings. The summed E-state index contributed by atoms with van der Waals surface area (Å²) in [5.74, 6) is 1.37. The van der Waals surface area contributed by atoms with Gasteiger partial charge in [-0.25, -0.2) is 0 Å². The van der Waals surface area contributed by atoms with Crippen molar-refractivity contribution in [1.29, 1.82) is 5.26 Å². The molecule has 2 nitrogen and oxygen atoms in total. The number of fused-ring (bicyclic) bond motifs is 1. The quantitative estimate of drug-likeness (QED) is 0.726. The summed E-state index contributed by atoms with van der Waals surface area (Å²) in [5, 5.41) is 9.24. The Labute approximate surface area is 147 Å². The van der Waals surface area contributed by atoms with Crippen LogP contribution in [0.5, 0.6) is 0 Å². The van der Waals surface area contributed by atoms with Crippen LogP contribution >= 0.6 is 0 Å². The van der Waals surface area contributed by atoms with Gasteiger partial charge in [0, 0.05) is 0 Å². The highest BCUT2D eigenvalue weighted by atomic mass is 14.8. The zero-order valence-electron chi connectivity index (χ0n) is 15.2. The molecule has 0 saturated heterocycles. The van der Waals surface area contributed by atoms with Gasteiger partial charge in [-0.15, -0.1) is 0 Å². The molecule has 130 valence electrons. The van der Waals surface area contributed by atoms with Gasteiger partial charge in [-0.2, -0.15) is 5.26 Å². The third-order valence-corrected chi connectivity index (χ3v) is 6.27. The monoisotopic (exact) mass is 324 g/mol. The van der Waals surface area contributed by atoms with E-state index in [-0.39, 0.29) is 0 Å². The smallest absolute Gasteiger partial charge is 0.104 e. The molecule has 1 aromatic carbocycles. The molecule has 2 N–H and O–H groups in total. The lowest BCUT2D eigenvalue weighted by Crippen LogP contribution is -2.34. The summed E-state index contributed by atoms with van der Waals surface area (Å²) in [6.45, 7) is 2.28. The largest absolute Gasteiger partial charge is 0.313 e. The van der Waals surface area contributed by atoms with Crippen molar-refractivity contribution in [3.05, 3.63) is 34.9 Å². The standard InChI is InChI=1S/C22H32N2/c1-2-3-4-5-6-17-7-8-19-14-20(10-9-18(19)13-17)21-11-12-22(24,15-21)16-23/h9-10,14,17,21H,2-8,11-13,15,24H2,1H3. The third kappa shape index (κ3) is 4.01. The molecule has 0 bridgehead atoms. The number of rotatable bonds is 6. The Kier molecular flexibility index (Phi) is 5.61. The molecule has 1 aromatic rings. The Balaban J connectivity index is 1.59. The molecule has 0 spiro atoms. The molecule has 0 radical (unpaired) electrons. The van der Waals surface area contributed by atoms with Gasteiger partial charge >= 0.3 is 0 Å². The first kappa shape index (κ1) is 17.5. The number of unbranched alkanes of at least 4 members (excludes halogenated alkanes) is 3. The SMILES string of the molecule is CCCCCCC1CCc2cc(C3CCC(N)(C#N)C3)ccc2C1. The Bertz CT molecular complexity index is 600. The number of benzene rings is 1. The van der Waals surface area contributed by atoms with E-state index in [2.05, 4.69) is 31.2 Å². The zero-order valence-corrected chi connectivity index (χ0v) is 15.2. The van der Waals surface area contributed by atoms with E-state index < -0.39 is 5.54 Å². The molecule has 0 aliphatic heterocycles. The van der Waals surface area contributed by atoms with Gasteiger partial charge in [0.05, 0.1) is 6.07 Å². The first-order valence-electron chi connectivity index (χ1n) is 9.95. The molecule has 2 aliphatic carbocycles. The van der Waals surface area contributed by atoms with Crippen molar-refractivity contribution in [2.45, 2.75) is 89.0 Å². The number of hydrogen-bond donors (Lipinski definition) is 1. The van der Waals surface area contributed by atoms with Gasteiger partial charge in [-0.3, -0.25) is 0 Å². The molecule has 2 heteroatoms. The molecular formula is C22H32N2. The summed E-state index contributed by atoms with van der Waals surface area (Å²) >= 11 is 0. The van der Waals surface area contributed by atoms with Gasteiger partial charge in [0.1, 0.15) is 5.54 Å². The van der Waals surface area contributed by atoms with E-state index in [1.165, 1.54) is 56.9 Å². The summed E-state index contributed by atoms with van der Waals surface area (Å²) in [6.07, 6.45) is 13.5. The molecule has 0 heterocycles. The Morgan fingerprint density at radius 2 is 2.08 bits per heavy atom. The van der Waals surface area contributed by atoms with Crippen LogP contribution < -0.4 is 5.73 Å². The Hall–Kier alpha value is -1.33. The highest BCUT2D eigenvalue weighted by molar-refractivity contribution is 5.37. The number of nitrogens with zero attached hydrogens (tertiary/aromatic N) is 1. The number of nitriles is 1. The minimum atomic E-state index is -0.593. The molecule has 3 unspecified atom stereocenters. The first-order valence-corrected chi connectivity index (χ1v) is 9.95. The highest BCUT2D eigenvalue weighted by Gasteiger charge is 2.36. The van der Waals surface area contributed by atoms with E-state index in [1.807, 2.05) is 0 Å². The Morgan fingerprint density at radius 1 is 1.21 bits per heavy atom. The fourth-order valence-corrected chi connectivity index (χ4v) is 4.67. The van der Waals surface area contributed by atoms with Gasteiger partial charge in [0.25, 0.3) is 0 Å². The summed E-state index contributed by atoms with van der Waals surface area (Å²) < 4.78 is 0. The second kappa shape index (κ2) is 7.70. The Morgan fingerprint density at radius 3 is 2.83 bits per heavy atom. The van der Waals surface area contributed by atoms with E-state index in [1.54, 1.807) is 11.1 Å². The van der Waals surface area contributed by atoms with Crippen molar-refractivity contribution in [3.63, 3.8) is 0 Å². The van der Waals surface area contributed by atoms with Gasteiger partial charge in [-0.1, -0.05) is 57.2 Å². The summed E-state index contributed by atoms with van der Waals surface area (Å²) in [6, 6.07) is 9.42. The van der Waals surface area contributed by atoms with Crippen LogP contribution in [0.4, 0.5) is 0 Å². The van der Waals surface area contributed by atoms with Crippen molar-refractivity contribution in [1.82, 2.24) is 0 Å². The van der Waals surface area contributed by atoms with Gasteiger partial charge in [0.2, 0.25) is 0 Å². The van der Waals surface area contributed by atoms with Crippen molar-refractivity contribution in [2.75, 3.05) is 0 Å². The second-order valence-corrected chi connectivity index (χ2v) is 8.19. The fourth-order valence-electron chi connectivity index (χ4n) is 4.67. The van der Waals surface area contributed by atoms with E-state index in [0.29, 0.717) is 5.92 Å². The second-order valence-electron chi connectivity index (χ2n) is 8.19. The maximum absolute atomic E-state index is 9.24. The molecule has 3 atom stereocenters. The minimum Gasteiger partial charge on any atom is -0.313 e. The molecule has 1 saturated carbocycles. The zero-order chi connectivity index (χ0) is 17.0. The minimum absolute atomic E-state index is 0.478. The van der Waals surface area contributed by atoms with Gasteiger partial charge in [-0.05, 0) is 67.1 Å². The van der Waals surface area contributed by atoms with Crippen molar-refractivity contribution < 1.29 is 0 Å². The van der Waals surface area contributed by atoms with Crippen LogP contribution in [0.1, 0.15) is 87.3 Å². The number of nitrogens with two attached hydrogens (primary N) is 1. The average molecular weight is 325 g/mol. The first-order chi connectivity index (χ1) is 11.6. The van der Waals surface area contributed by atoms with E-state index in [4.69, 9.17) is 5.73 Å². The molecule has 3 rings (SSSR count). The van der Waals surface area contributed by atoms with Crippen LogP contribution in [0.2, 0.25) is 0 Å². The predicted molar refractivity (Wildman–Crippen MR) is 99.8 cm³/mol. The topological polar surface area (TPSA) is 49.8 Å². The van der Waals surface area contributed by atoms with Crippen molar-refractivity contribution in [2.24, 2.45) is 11.7 Å². The lowest BCUT2D eigenvalue weighted by atomic mass is 9.79. The summed E-state index contributed by atoms with van der Waals surface area (Å²) in [5.41, 5.74) is 10.1. The van der Waals surface area contributed by atoms with Crippen LogP contribution in [0, 0.1) is 17.2 Å². The third-order valence-electron chi connectivity index (χ3n) is 6.27. The normalized spacial score (nSPS) is 29.2. The summed E-state index contributed by atoms with van der Waals surface area (Å²) in [7, 11) is 0.